The highest BCUT2D eigenvalue weighted by Gasteiger charge is 2.49. The Kier molecular flexibility index (Phi) is 6.37. The molecule has 208 valence electrons. The molecule has 3 aliphatic rings. The van der Waals surface area contributed by atoms with Crippen LogP contribution in [0.5, 0.6) is 17.2 Å². The van der Waals surface area contributed by atoms with Crippen molar-refractivity contribution >= 4 is 11.9 Å². The summed E-state index contributed by atoms with van der Waals surface area (Å²) >= 11 is 0. The number of carbonyl (C=O) groups is 2. The van der Waals surface area contributed by atoms with Gasteiger partial charge in [0.1, 0.15) is 17.8 Å². The Morgan fingerprint density at radius 1 is 0.900 bits per heavy atom. The molecule has 8 nitrogen and oxygen atoms in total. The third-order valence-corrected chi connectivity index (χ3v) is 7.65. The number of amides is 1. The van der Waals surface area contributed by atoms with Gasteiger partial charge in [0.05, 0.1) is 24.9 Å². The zero-order valence-corrected chi connectivity index (χ0v) is 21.8. The highest BCUT2D eigenvalue weighted by Crippen LogP contribution is 2.50. The molecule has 0 radical (unpaired) electrons. The average Bonchev–Trinajstić information content (AvgIpc) is 3.45. The van der Waals surface area contributed by atoms with E-state index in [2.05, 4.69) is 14.8 Å². The van der Waals surface area contributed by atoms with Crippen molar-refractivity contribution in [2.75, 3.05) is 13.7 Å². The fourth-order valence-electron chi connectivity index (χ4n) is 5.45. The molecule has 6 rings (SSSR count). The van der Waals surface area contributed by atoms with E-state index in [-0.39, 0.29) is 42.3 Å². The Balaban J connectivity index is 1.25. The molecule has 0 bridgehead atoms. The van der Waals surface area contributed by atoms with Gasteiger partial charge in [-0.05, 0) is 49.1 Å². The van der Waals surface area contributed by atoms with Crippen LogP contribution in [0.1, 0.15) is 59.0 Å². The number of nitrogens with one attached hydrogen (secondary N) is 1. The minimum absolute atomic E-state index is 0.0389. The number of hydrogen-bond donors (Lipinski definition) is 1. The lowest BCUT2D eigenvalue weighted by Gasteiger charge is -2.37. The number of hydrogen-bond acceptors (Lipinski definition) is 7. The third kappa shape index (κ3) is 4.72. The summed E-state index contributed by atoms with van der Waals surface area (Å²) in [5.74, 6) is -0.698. The fourth-order valence-corrected chi connectivity index (χ4v) is 5.45. The van der Waals surface area contributed by atoms with Gasteiger partial charge in [-0.1, -0.05) is 42.5 Å². The molecule has 0 saturated carbocycles. The average molecular weight is 552 g/mol. The number of esters is 1. The van der Waals surface area contributed by atoms with Gasteiger partial charge in [-0.15, -0.1) is 8.78 Å². The largest absolute Gasteiger partial charge is 0.586 e. The SMILES string of the molecule is COC(=O)c1ccc([C@@H]2C[C@H](NC(=O)[C@@]3(C)COc4cc5c(cc43)OC(F)(F)O5)C[C@H](c3ccccc3)O2)cc1. The maximum Gasteiger partial charge on any atom is 0.586 e. The first-order valence-electron chi connectivity index (χ1n) is 12.9. The monoisotopic (exact) mass is 551 g/mol. The summed E-state index contributed by atoms with van der Waals surface area (Å²) in [6.45, 7) is 1.75. The minimum Gasteiger partial charge on any atom is -0.492 e. The topological polar surface area (TPSA) is 92.3 Å². The Hall–Kier alpha value is -4.18. The number of rotatable bonds is 5. The second-order valence-electron chi connectivity index (χ2n) is 10.4. The standard InChI is InChI=1S/C30H27F2NO7/c1-29(16-37-24-15-26-25(14-21(24)29)39-30(31,32)40-26)28(35)33-20-12-22(17-6-4-3-5-7-17)38-23(13-20)18-8-10-19(11-9-18)27(34)36-2/h3-11,14-15,20,22-23H,12-13,16H2,1-2H3,(H,33,35)/t20-,22-,23+,29+/m1/s1. The van der Waals surface area contributed by atoms with Gasteiger partial charge in [0.2, 0.25) is 5.91 Å². The molecule has 1 amide bonds. The summed E-state index contributed by atoms with van der Waals surface area (Å²) in [5.41, 5.74) is 1.59. The number of halogens is 2. The molecule has 1 saturated heterocycles. The summed E-state index contributed by atoms with van der Waals surface area (Å²) in [5, 5.41) is 3.17. The highest BCUT2D eigenvalue weighted by molar-refractivity contribution is 5.90. The normalized spacial score (nSPS) is 25.9. The van der Waals surface area contributed by atoms with Crippen molar-refractivity contribution in [3.05, 3.63) is 89.0 Å². The van der Waals surface area contributed by atoms with E-state index in [1.165, 1.54) is 19.2 Å². The van der Waals surface area contributed by atoms with Crippen molar-refractivity contribution in [2.45, 2.75) is 49.7 Å². The molecule has 0 aliphatic carbocycles. The van der Waals surface area contributed by atoms with Crippen molar-refractivity contribution in [2.24, 2.45) is 0 Å². The number of benzene rings is 3. The molecule has 0 aromatic heterocycles. The van der Waals surface area contributed by atoms with Crippen molar-refractivity contribution in [1.82, 2.24) is 5.32 Å². The van der Waals surface area contributed by atoms with Crippen LogP contribution >= 0.6 is 0 Å². The Labute approximate surface area is 229 Å². The Morgan fingerprint density at radius 2 is 1.52 bits per heavy atom. The van der Waals surface area contributed by atoms with E-state index >= 15 is 0 Å². The summed E-state index contributed by atoms with van der Waals surface area (Å²) in [4.78, 5) is 25.6. The van der Waals surface area contributed by atoms with E-state index in [9.17, 15) is 18.4 Å². The summed E-state index contributed by atoms with van der Waals surface area (Å²) < 4.78 is 53.4. The Morgan fingerprint density at radius 3 is 2.17 bits per heavy atom. The molecule has 3 heterocycles. The van der Waals surface area contributed by atoms with E-state index < -0.39 is 17.7 Å². The fraction of sp³-hybridized carbons (Fsp3) is 0.333. The lowest BCUT2D eigenvalue weighted by molar-refractivity contribution is -0.286. The minimum atomic E-state index is -3.77. The van der Waals surface area contributed by atoms with Crippen LogP contribution in [0.25, 0.3) is 0 Å². The molecule has 0 unspecified atom stereocenters. The third-order valence-electron chi connectivity index (χ3n) is 7.65. The lowest BCUT2D eigenvalue weighted by atomic mass is 9.82. The number of fused-ring (bicyclic) bond motifs is 2. The van der Waals surface area contributed by atoms with E-state index in [0.29, 0.717) is 29.7 Å². The van der Waals surface area contributed by atoms with Crippen molar-refractivity contribution in [1.29, 1.82) is 0 Å². The van der Waals surface area contributed by atoms with Gasteiger partial charge in [0, 0.05) is 17.7 Å². The van der Waals surface area contributed by atoms with Gasteiger partial charge in [-0.2, -0.15) is 0 Å². The number of carbonyl (C=O) groups excluding carboxylic acids is 2. The molecule has 3 aromatic rings. The Bertz CT molecular complexity index is 1450. The van der Waals surface area contributed by atoms with E-state index in [0.717, 1.165) is 11.1 Å². The van der Waals surface area contributed by atoms with E-state index in [4.69, 9.17) is 14.2 Å². The van der Waals surface area contributed by atoms with Gasteiger partial charge < -0.3 is 29.0 Å². The second kappa shape index (κ2) is 9.78. The second-order valence-corrected chi connectivity index (χ2v) is 10.4. The van der Waals surface area contributed by atoms with Gasteiger partial charge in [-0.25, -0.2) is 4.79 Å². The van der Waals surface area contributed by atoms with Crippen LogP contribution in [0.15, 0.2) is 66.7 Å². The molecule has 3 aromatic carbocycles. The number of alkyl halides is 2. The van der Waals surface area contributed by atoms with Crippen LogP contribution in [0.4, 0.5) is 8.78 Å². The van der Waals surface area contributed by atoms with E-state index in [1.54, 1.807) is 19.1 Å². The molecule has 10 heteroatoms. The van der Waals surface area contributed by atoms with Crippen molar-refractivity contribution in [3.63, 3.8) is 0 Å². The molecule has 1 fully saturated rings. The quantitative estimate of drug-likeness (QED) is 0.435. The predicted octanol–water partition coefficient (Wildman–Crippen LogP) is 5.22. The lowest BCUT2D eigenvalue weighted by Crippen LogP contribution is -2.49. The molecule has 4 atom stereocenters. The van der Waals surface area contributed by atoms with Crippen LogP contribution in [-0.2, 0) is 19.7 Å². The van der Waals surface area contributed by atoms with Crippen LogP contribution in [0, 0.1) is 0 Å². The number of methoxy groups -OCH3 is 1. The van der Waals surface area contributed by atoms with Crippen LogP contribution in [-0.4, -0.2) is 37.9 Å². The zero-order chi connectivity index (χ0) is 28.1. The van der Waals surface area contributed by atoms with E-state index in [1.807, 2.05) is 42.5 Å². The number of ether oxygens (including phenoxy) is 5. The maximum atomic E-state index is 13.8. The summed E-state index contributed by atoms with van der Waals surface area (Å²) in [7, 11) is 1.33. The molecular weight excluding hydrogens is 524 g/mol. The predicted molar refractivity (Wildman–Crippen MR) is 137 cm³/mol. The van der Waals surface area contributed by atoms with Gasteiger partial charge in [0.15, 0.2) is 11.5 Å². The molecule has 1 N–H and O–H groups in total. The zero-order valence-electron chi connectivity index (χ0n) is 21.8. The van der Waals surface area contributed by atoms with Crippen molar-refractivity contribution in [3.8, 4) is 17.2 Å². The first-order valence-corrected chi connectivity index (χ1v) is 12.9. The molecule has 0 spiro atoms. The first-order chi connectivity index (χ1) is 19.1. The highest BCUT2D eigenvalue weighted by atomic mass is 19.3. The summed E-state index contributed by atoms with van der Waals surface area (Å²) in [6, 6.07) is 19.2. The van der Waals surface area contributed by atoms with Gasteiger partial charge in [0.25, 0.3) is 0 Å². The first kappa shape index (κ1) is 26.1. The molecule has 40 heavy (non-hydrogen) atoms. The molecular formula is C30H27F2NO7. The van der Waals surface area contributed by atoms with Crippen LogP contribution < -0.4 is 19.5 Å². The molecule has 3 aliphatic heterocycles. The van der Waals surface area contributed by atoms with Crippen LogP contribution in [0.2, 0.25) is 0 Å². The summed E-state index contributed by atoms with van der Waals surface area (Å²) in [6.07, 6.45) is -3.39. The van der Waals surface area contributed by atoms with Gasteiger partial charge >= 0.3 is 12.3 Å². The smallest absolute Gasteiger partial charge is 0.492 e. The van der Waals surface area contributed by atoms with Crippen LogP contribution in [0.3, 0.4) is 0 Å². The van der Waals surface area contributed by atoms with Gasteiger partial charge in [-0.3, -0.25) is 4.79 Å². The maximum absolute atomic E-state index is 13.8. The van der Waals surface area contributed by atoms with Crippen molar-refractivity contribution < 1.29 is 42.1 Å².